The fourth-order valence-corrected chi connectivity index (χ4v) is 3.15. The molecule has 144 valence electrons. The highest BCUT2D eigenvalue weighted by molar-refractivity contribution is 5.74. The summed E-state index contributed by atoms with van der Waals surface area (Å²) in [6, 6.07) is 13.8. The van der Waals surface area contributed by atoms with Gasteiger partial charge >= 0.3 is 6.03 Å². The number of rotatable bonds is 4. The second kappa shape index (κ2) is 8.08. The van der Waals surface area contributed by atoms with Crippen molar-refractivity contribution in [3.63, 3.8) is 0 Å². The van der Waals surface area contributed by atoms with E-state index in [9.17, 15) is 4.79 Å². The maximum atomic E-state index is 12.4. The highest BCUT2D eigenvalue weighted by atomic mass is 16.5. The lowest BCUT2D eigenvalue weighted by Gasteiger charge is -2.35. The zero-order chi connectivity index (χ0) is 19.3. The average Bonchev–Trinajstić information content (AvgIpc) is 3.19. The molecule has 0 unspecified atom stereocenters. The second-order valence-electron chi connectivity index (χ2n) is 6.66. The molecule has 8 nitrogen and oxygen atoms in total. The molecule has 0 saturated carbocycles. The van der Waals surface area contributed by atoms with Gasteiger partial charge < -0.3 is 19.6 Å². The van der Waals surface area contributed by atoms with Crippen molar-refractivity contribution in [2.24, 2.45) is 0 Å². The summed E-state index contributed by atoms with van der Waals surface area (Å²) in [6.45, 7) is 5.10. The summed E-state index contributed by atoms with van der Waals surface area (Å²) in [5.74, 6) is 1.95. The largest absolute Gasteiger partial charge is 0.353 e. The van der Waals surface area contributed by atoms with Gasteiger partial charge in [-0.1, -0.05) is 35.5 Å². The Morgan fingerprint density at radius 2 is 1.89 bits per heavy atom. The van der Waals surface area contributed by atoms with Crippen LogP contribution in [0.4, 0.5) is 10.6 Å². The van der Waals surface area contributed by atoms with E-state index in [2.05, 4.69) is 25.3 Å². The molecule has 1 aliphatic heterocycles. The zero-order valence-electron chi connectivity index (χ0n) is 15.7. The molecule has 8 heteroatoms. The van der Waals surface area contributed by atoms with Gasteiger partial charge in [0.25, 0.3) is 0 Å². The van der Waals surface area contributed by atoms with Gasteiger partial charge in [-0.25, -0.2) is 9.78 Å². The maximum Gasteiger partial charge on any atom is 0.317 e. The number of amides is 2. The van der Waals surface area contributed by atoms with Crippen LogP contribution in [-0.2, 0) is 6.54 Å². The van der Waals surface area contributed by atoms with E-state index in [1.807, 2.05) is 47.4 Å². The Balaban J connectivity index is 1.29. The summed E-state index contributed by atoms with van der Waals surface area (Å²) < 4.78 is 5.01. The van der Waals surface area contributed by atoms with Crippen molar-refractivity contribution in [1.82, 2.24) is 25.3 Å². The minimum atomic E-state index is -0.0284. The van der Waals surface area contributed by atoms with E-state index in [0.29, 0.717) is 31.3 Å². The third-order valence-electron chi connectivity index (χ3n) is 4.71. The van der Waals surface area contributed by atoms with Crippen LogP contribution in [0, 0.1) is 6.92 Å². The van der Waals surface area contributed by atoms with Gasteiger partial charge in [0.2, 0.25) is 11.7 Å². The number of carbonyl (C=O) groups is 1. The fourth-order valence-electron chi connectivity index (χ4n) is 3.15. The lowest BCUT2D eigenvalue weighted by atomic mass is 10.2. The summed E-state index contributed by atoms with van der Waals surface area (Å²) in [5, 5.41) is 6.89. The van der Waals surface area contributed by atoms with E-state index in [4.69, 9.17) is 4.52 Å². The molecule has 4 rings (SSSR count). The molecule has 0 aliphatic carbocycles. The lowest BCUT2D eigenvalue weighted by molar-refractivity contribution is 0.194. The van der Waals surface area contributed by atoms with Crippen LogP contribution >= 0.6 is 0 Å². The van der Waals surface area contributed by atoms with E-state index >= 15 is 0 Å². The monoisotopic (exact) mass is 378 g/mol. The number of benzene rings is 1. The molecular weight excluding hydrogens is 356 g/mol. The van der Waals surface area contributed by atoms with Crippen molar-refractivity contribution in [2.45, 2.75) is 13.5 Å². The number of hydrogen-bond acceptors (Lipinski definition) is 6. The van der Waals surface area contributed by atoms with Crippen LogP contribution in [0.5, 0.6) is 0 Å². The quantitative estimate of drug-likeness (QED) is 0.750. The Morgan fingerprint density at radius 1 is 1.11 bits per heavy atom. The molecule has 0 bridgehead atoms. The zero-order valence-corrected chi connectivity index (χ0v) is 15.7. The van der Waals surface area contributed by atoms with Crippen molar-refractivity contribution < 1.29 is 9.32 Å². The highest BCUT2D eigenvalue weighted by Gasteiger charge is 2.21. The predicted molar refractivity (Wildman–Crippen MR) is 105 cm³/mol. The SMILES string of the molecule is Cc1nc(-c2ccc(N3CCN(C(=O)NCc4ccccc4)CC3)nc2)no1. The van der Waals surface area contributed by atoms with Crippen LogP contribution in [0.15, 0.2) is 53.2 Å². The molecule has 1 saturated heterocycles. The van der Waals surface area contributed by atoms with Crippen molar-refractivity contribution in [3.8, 4) is 11.4 Å². The normalized spacial score (nSPS) is 14.2. The molecule has 2 aromatic heterocycles. The smallest absolute Gasteiger partial charge is 0.317 e. The number of piperazine rings is 1. The van der Waals surface area contributed by atoms with E-state index in [0.717, 1.165) is 30.0 Å². The van der Waals surface area contributed by atoms with E-state index in [1.165, 1.54) is 0 Å². The summed E-state index contributed by atoms with van der Waals surface area (Å²) in [4.78, 5) is 25.1. The first-order chi connectivity index (χ1) is 13.7. The third-order valence-corrected chi connectivity index (χ3v) is 4.71. The number of aryl methyl sites for hydroxylation is 1. The predicted octanol–water partition coefficient (Wildman–Crippen LogP) is 2.47. The van der Waals surface area contributed by atoms with Crippen molar-refractivity contribution in [3.05, 3.63) is 60.1 Å². The summed E-state index contributed by atoms with van der Waals surface area (Å²) in [7, 11) is 0. The second-order valence-corrected chi connectivity index (χ2v) is 6.66. The van der Waals surface area contributed by atoms with Crippen LogP contribution in [0.25, 0.3) is 11.4 Å². The van der Waals surface area contributed by atoms with Gasteiger partial charge in [-0.15, -0.1) is 0 Å². The number of urea groups is 1. The van der Waals surface area contributed by atoms with Crippen molar-refractivity contribution >= 4 is 11.8 Å². The first kappa shape index (κ1) is 18.0. The molecule has 1 N–H and O–H groups in total. The standard InChI is InChI=1S/C20H22N6O2/c1-15-23-19(24-28-15)17-7-8-18(21-14-17)25-9-11-26(12-10-25)20(27)22-13-16-5-3-2-4-6-16/h2-8,14H,9-13H2,1H3,(H,22,27). The van der Waals surface area contributed by atoms with Gasteiger partial charge in [-0.2, -0.15) is 4.98 Å². The van der Waals surface area contributed by atoms with Crippen LogP contribution in [-0.4, -0.2) is 52.2 Å². The Labute approximate surface area is 163 Å². The van der Waals surface area contributed by atoms with Crippen LogP contribution < -0.4 is 10.2 Å². The molecule has 1 aliphatic rings. The molecule has 2 amide bonds. The number of anilines is 1. The topological polar surface area (TPSA) is 87.4 Å². The molecule has 1 aromatic carbocycles. The van der Waals surface area contributed by atoms with Gasteiger partial charge in [-0.3, -0.25) is 0 Å². The fraction of sp³-hybridized carbons (Fsp3) is 0.300. The Bertz CT molecular complexity index is 917. The van der Waals surface area contributed by atoms with Gasteiger partial charge in [0.1, 0.15) is 5.82 Å². The number of aromatic nitrogens is 3. The Kier molecular flexibility index (Phi) is 5.18. The molecule has 3 aromatic rings. The van der Waals surface area contributed by atoms with Crippen LogP contribution in [0.3, 0.4) is 0 Å². The minimum absolute atomic E-state index is 0.0284. The molecule has 0 atom stereocenters. The Morgan fingerprint density at radius 3 is 2.54 bits per heavy atom. The average molecular weight is 378 g/mol. The summed E-state index contributed by atoms with van der Waals surface area (Å²) >= 11 is 0. The molecule has 28 heavy (non-hydrogen) atoms. The summed E-state index contributed by atoms with van der Waals surface area (Å²) in [6.07, 6.45) is 1.75. The maximum absolute atomic E-state index is 12.4. The van der Waals surface area contributed by atoms with Gasteiger partial charge in [0, 0.05) is 51.4 Å². The summed E-state index contributed by atoms with van der Waals surface area (Å²) in [5.41, 5.74) is 1.91. The number of carbonyl (C=O) groups excluding carboxylic acids is 1. The van der Waals surface area contributed by atoms with E-state index in [-0.39, 0.29) is 6.03 Å². The molecular formula is C20H22N6O2. The molecule has 3 heterocycles. The number of hydrogen-bond donors (Lipinski definition) is 1. The van der Waals surface area contributed by atoms with Crippen molar-refractivity contribution in [1.29, 1.82) is 0 Å². The molecule has 0 spiro atoms. The number of pyridine rings is 1. The van der Waals surface area contributed by atoms with E-state index in [1.54, 1.807) is 13.1 Å². The number of nitrogens with zero attached hydrogens (tertiary/aromatic N) is 5. The van der Waals surface area contributed by atoms with E-state index < -0.39 is 0 Å². The van der Waals surface area contributed by atoms with Crippen LogP contribution in [0.1, 0.15) is 11.5 Å². The Hall–Kier alpha value is -3.42. The van der Waals surface area contributed by atoms with Gasteiger partial charge in [-0.05, 0) is 17.7 Å². The van der Waals surface area contributed by atoms with Crippen molar-refractivity contribution in [2.75, 3.05) is 31.1 Å². The highest BCUT2D eigenvalue weighted by Crippen LogP contribution is 2.19. The third kappa shape index (κ3) is 4.11. The number of nitrogens with one attached hydrogen (secondary N) is 1. The molecule has 0 radical (unpaired) electrons. The van der Waals surface area contributed by atoms with Crippen LogP contribution in [0.2, 0.25) is 0 Å². The minimum Gasteiger partial charge on any atom is -0.353 e. The first-order valence-electron chi connectivity index (χ1n) is 9.27. The molecule has 1 fully saturated rings. The lowest BCUT2D eigenvalue weighted by Crippen LogP contribution is -2.51. The first-order valence-corrected chi connectivity index (χ1v) is 9.27. The van der Waals surface area contributed by atoms with Gasteiger partial charge in [0.05, 0.1) is 0 Å². The van der Waals surface area contributed by atoms with Gasteiger partial charge in [0.15, 0.2) is 0 Å².